The summed E-state index contributed by atoms with van der Waals surface area (Å²) < 4.78 is 0. The number of guanidine groups is 1. The fraction of sp³-hybridized carbons (Fsp3) is 0.450. The lowest BCUT2D eigenvalue weighted by molar-refractivity contribution is 0.504. The van der Waals surface area contributed by atoms with Gasteiger partial charge in [-0.2, -0.15) is 0 Å². The molecule has 1 atom stereocenters. The third-order valence-corrected chi connectivity index (χ3v) is 4.43. The molecule has 0 bridgehead atoms. The molecule has 0 aliphatic rings. The van der Waals surface area contributed by atoms with E-state index in [9.17, 15) is 0 Å². The van der Waals surface area contributed by atoms with Crippen LogP contribution in [-0.4, -0.2) is 35.6 Å². The lowest BCUT2D eigenvalue weighted by Crippen LogP contribution is -2.38. The maximum atomic E-state index is 5.82. The molecule has 0 radical (unpaired) electrons. The monoisotopic (exact) mass is 501 g/mol. The number of aliphatic imine (C=N–C) groups is 1. The van der Waals surface area contributed by atoms with E-state index in [4.69, 9.17) is 16.6 Å². The van der Waals surface area contributed by atoms with Crippen molar-refractivity contribution in [2.24, 2.45) is 10.9 Å². The van der Waals surface area contributed by atoms with Crippen molar-refractivity contribution in [2.75, 3.05) is 19.6 Å². The maximum absolute atomic E-state index is 5.82. The van der Waals surface area contributed by atoms with Gasteiger partial charge in [-0.15, -0.1) is 24.0 Å². The van der Waals surface area contributed by atoms with Gasteiger partial charge in [-0.25, -0.2) is 4.98 Å². The van der Waals surface area contributed by atoms with Crippen LogP contribution < -0.4 is 10.6 Å². The second-order valence-corrected chi connectivity index (χ2v) is 6.91. The zero-order valence-electron chi connectivity index (χ0n) is 16.2. The Hall–Kier alpha value is -1.41. The van der Waals surface area contributed by atoms with Crippen LogP contribution >= 0.6 is 35.6 Å². The van der Waals surface area contributed by atoms with E-state index < -0.39 is 0 Å². The number of pyridine rings is 2. The lowest BCUT2D eigenvalue weighted by atomic mass is 9.89. The van der Waals surface area contributed by atoms with Gasteiger partial charge >= 0.3 is 0 Å². The number of halogens is 2. The summed E-state index contributed by atoms with van der Waals surface area (Å²) in [5.41, 5.74) is 2.38. The van der Waals surface area contributed by atoms with Gasteiger partial charge in [-0.05, 0) is 42.5 Å². The third-order valence-electron chi connectivity index (χ3n) is 4.20. The first-order chi connectivity index (χ1) is 12.6. The normalized spacial score (nSPS) is 12.4. The Morgan fingerprint density at radius 3 is 2.59 bits per heavy atom. The molecule has 0 amide bonds. The Balaban J connectivity index is 0.00000364. The second-order valence-electron chi connectivity index (χ2n) is 6.52. The second kappa shape index (κ2) is 12.9. The van der Waals surface area contributed by atoms with Gasteiger partial charge in [0.15, 0.2) is 5.96 Å². The average molecular weight is 502 g/mol. The van der Waals surface area contributed by atoms with Crippen molar-refractivity contribution in [3.05, 3.63) is 59.1 Å². The first-order valence-corrected chi connectivity index (χ1v) is 9.50. The van der Waals surface area contributed by atoms with Gasteiger partial charge in [0.1, 0.15) is 5.15 Å². The van der Waals surface area contributed by atoms with Crippen molar-refractivity contribution in [3.8, 4) is 0 Å². The van der Waals surface area contributed by atoms with Crippen molar-refractivity contribution in [3.63, 3.8) is 0 Å². The van der Waals surface area contributed by atoms with E-state index in [0.717, 1.165) is 37.6 Å². The van der Waals surface area contributed by atoms with Gasteiger partial charge in [-0.1, -0.05) is 37.6 Å². The van der Waals surface area contributed by atoms with Crippen LogP contribution in [0.3, 0.4) is 0 Å². The third kappa shape index (κ3) is 8.43. The molecule has 2 heterocycles. The van der Waals surface area contributed by atoms with Crippen LogP contribution in [0.4, 0.5) is 0 Å². The van der Waals surface area contributed by atoms with Gasteiger partial charge in [0.05, 0.1) is 0 Å². The van der Waals surface area contributed by atoms with E-state index in [1.807, 2.05) is 30.6 Å². The predicted molar refractivity (Wildman–Crippen MR) is 124 cm³/mol. The molecule has 0 aliphatic heterocycles. The van der Waals surface area contributed by atoms with Crippen LogP contribution in [0.25, 0.3) is 0 Å². The van der Waals surface area contributed by atoms with E-state index in [2.05, 4.69) is 47.4 Å². The maximum Gasteiger partial charge on any atom is 0.191 e. The molecule has 5 nitrogen and oxygen atoms in total. The Kier molecular flexibility index (Phi) is 11.3. The summed E-state index contributed by atoms with van der Waals surface area (Å²) in [7, 11) is 0. The Bertz CT molecular complexity index is 677. The topological polar surface area (TPSA) is 62.2 Å². The van der Waals surface area contributed by atoms with Gasteiger partial charge in [0, 0.05) is 44.1 Å². The molecule has 27 heavy (non-hydrogen) atoms. The minimum absolute atomic E-state index is 0. The van der Waals surface area contributed by atoms with E-state index in [1.54, 1.807) is 6.20 Å². The molecule has 0 spiro atoms. The Morgan fingerprint density at radius 1 is 1.19 bits per heavy atom. The molecule has 2 aromatic rings. The van der Waals surface area contributed by atoms with Crippen LogP contribution in [0.15, 0.2) is 47.8 Å². The largest absolute Gasteiger partial charge is 0.357 e. The average Bonchev–Trinajstić information content (AvgIpc) is 2.64. The summed E-state index contributed by atoms with van der Waals surface area (Å²) in [5, 5.41) is 7.22. The molecule has 0 saturated heterocycles. The molecule has 0 fully saturated rings. The highest BCUT2D eigenvalue weighted by Crippen LogP contribution is 2.23. The van der Waals surface area contributed by atoms with Crippen LogP contribution in [0, 0.1) is 5.92 Å². The van der Waals surface area contributed by atoms with E-state index >= 15 is 0 Å². The van der Waals surface area contributed by atoms with Gasteiger partial charge in [0.2, 0.25) is 0 Å². The van der Waals surface area contributed by atoms with E-state index in [0.29, 0.717) is 17.0 Å². The summed E-state index contributed by atoms with van der Waals surface area (Å²) in [4.78, 5) is 13.1. The molecule has 2 rings (SSSR count). The molecule has 0 saturated carbocycles. The van der Waals surface area contributed by atoms with Crippen molar-refractivity contribution >= 4 is 41.5 Å². The highest BCUT2D eigenvalue weighted by molar-refractivity contribution is 14.0. The number of hydrogen-bond acceptors (Lipinski definition) is 3. The summed E-state index contributed by atoms with van der Waals surface area (Å²) in [6, 6.07) is 7.93. The SMILES string of the molecule is CCNC(=NCC(c1cccnc1)C(C)C)NCCc1ccc(Cl)nc1.I. The van der Waals surface area contributed by atoms with Gasteiger partial charge in [-0.3, -0.25) is 9.98 Å². The van der Waals surface area contributed by atoms with Crippen molar-refractivity contribution in [1.29, 1.82) is 0 Å². The molecule has 0 aromatic carbocycles. The number of aromatic nitrogens is 2. The van der Waals surface area contributed by atoms with Gasteiger partial charge < -0.3 is 10.6 Å². The quantitative estimate of drug-likeness (QED) is 0.245. The number of hydrogen-bond donors (Lipinski definition) is 2. The summed E-state index contributed by atoms with van der Waals surface area (Å²) in [6.07, 6.45) is 6.42. The molecule has 0 aliphatic carbocycles. The predicted octanol–water partition coefficient (Wildman–Crippen LogP) is 4.29. The van der Waals surface area contributed by atoms with E-state index in [-0.39, 0.29) is 24.0 Å². The smallest absolute Gasteiger partial charge is 0.191 e. The fourth-order valence-electron chi connectivity index (χ4n) is 2.71. The van der Waals surface area contributed by atoms with Crippen LogP contribution in [0.1, 0.15) is 37.8 Å². The first kappa shape index (κ1) is 23.6. The lowest BCUT2D eigenvalue weighted by Gasteiger charge is -2.20. The Labute approximate surface area is 184 Å². The minimum Gasteiger partial charge on any atom is -0.357 e. The van der Waals surface area contributed by atoms with Crippen LogP contribution in [0.2, 0.25) is 5.15 Å². The zero-order valence-corrected chi connectivity index (χ0v) is 19.2. The van der Waals surface area contributed by atoms with Crippen LogP contribution in [0.5, 0.6) is 0 Å². The highest BCUT2D eigenvalue weighted by Gasteiger charge is 2.15. The van der Waals surface area contributed by atoms with Crippen LogP contribution in [-0.2, 0) is 6.42 Å². The minimum atomic E-state index is 0. The number of nitrogens with one attached hydrogen (secondary N) is 2. The Morgan fingerprint density at radius 2 is 2.00 bits per heavy atom. The summed E-state index contributed by atoms with van der Waals surface area (Å²) in [6.45, 7) is 8.85. The summed E-state index contributed by atoms with van der Waals surface area (Å²) >= 11 is 5.82. The van der Waals surface area contributed by atoms with Gasteiger partial charge in [0.25, 0.3) is 0 Å². The van der Waals surface area contributed by atoms with E-state index in [1.165, 1.54) is 5.56 Å². The zero-order chi connectivity index (χ0) is 18.8. The number of nitrogens with zero attached hydrogens (tertiary/aromatic N) is 3. The van der Waals surface area contributed by atoms with Crippen molar-refractivity contribution in [2.45, 2.75) is 33.1 Å². The molecule has 148 valence electrons. The van der Waals surface area contributed by atoms with Crippen molar-refractivity contribution < 1.29 is 0 Å². The summed E-state index contributed by atoms with van der Waals surface area (Å²) in [5.74, 6) is 1.68. The molecule has 1 unspecified atom stereocenters. The molecule has 2 aromatic heterocycles. The molecule has 2 N–H and O–H groups in total. The number of rotatable bonds is 8. The highest BCUT2D eigenvalue weighted by atomic mass is 127. The standard InChI is InChI=1S/C20H28ClN5.HI/c1-4-23-20(24-11-9-16-7-8-19(21)25-12-16)26-14-18(15(2)3)17-6-5-10-22-13-17;/h5-8,10,12-13,15,18H,4,9,11,14H2,1-3H3,(H2,23,24,26);1H. The first-order valence-electron chi connectivity index (χ1n) is 9.12. The molecular weight excluding hydrogens is 473 g/mol. The molecule has 7 heteroatoms. The molecular formula is C20H29ClIN5. The fourth-order valence-corrected chi connectivity index (χ4v) is 2.82. The van der Waals surface area contributed by atoms with Crippen molar-refractivity contribution in [1.82, 2.24) is 20.6 Å².